The molecule has 1 saturated heterocycles. The molecule has 0 atom stereocenters. The van der Waals surface area contributed by atoms with Crippen LogP contribution in [-0.4, -0.2) is 40.5 Å². The Balaban J connectivity index is 0.00000225. The molecule has 1 aliphatic rings. The van der Waals surface area contributed by atoms with E-state index in [0.29, 0.717) is 11.2 Å². The molecule has 0 unspecified atom stereocenters. The number of aryl methyl sites for hydroxylation is 1. The van der Waals surface area contributed by atoms with Gasteiger partial charge < -0.3 is 10.2 Å². The smallest absolute Gasteiger partial charge is 0.266 e. The molecule has 0 saturated carbocycles. The minimum Gasteiger partial charge on any atom is -0.354 e. The second-order valence-corrected chi connectivity index (χ2v) is 6.91. The van der Waals surface area contributed by atoms with E-state index in [2.05, 4.69) is 22.1 Å². The van der Waals surface area contributed by atoms with Crippen molar-refractivity contribution in [2.24, 2.45) is 0 Å². The molecule has 6 nitrogen and oxygen atoms in total. The summed E-state index contributed by atoms with van der Waals surface area (Å²) in [5, 5.41) is 3.35. The Morgan fingerprint density at radius 1 is 1.14 bits per heavy atom. The highest BCUT2D eigenvalue weighted by molar-refractivity contribution is 5.85. The Morgan fingerprint density at radius 2 is 1.96 bits per heavy atom. The van der Waals surface area contributed by atoms with Crippen LogP contribution in [0.15, 0.2) is 47.5 Å². The highest BCUT2D eigenvalue weighted by Crippen LogP contribution is 2.23. The number of anilines is 1. The molecule has 0 aromatic carbocycles. The fraction of sp³-hybridized carbons (Fsp3) is 0.381. The summed E-state index contributed by atoms with van der Waals surface area (Å²) < 4.78 is 1.62. The number of piperazine rings is 1. The van der Waals surface area contributed by atoms with Gasteiger partial charge in [0.2, 0.25) is 0 Å². The van der Waals surface area contributed by atoms with Gasteiger partial charge >= 0.3 is 0 Å². The van der Waals surface area contributed by atoms with Gasteiger partial charge in [0.15, 0.2) is 0 Å². The van der Waals surface area contributed by atoms with E-state index in [1.165, 1.54) is 0 Å². The Hall–Kier alpha value is -2.44. The number of fused-ring (bicyclic) bond motifs is 1. The Morgan fingerprint density at radius 3 is 2.68 bits per heavy atom. The third kappa shape index (κ3) is 4.03. The quantitative estimate of drug-likeness (QED) is 0.714. The molecular weight excluding hydrogens is 374 g/mol. The van der Waals surface area contributed by atoms with Gasteiger partial charge in [-0.25, -0.2) is 9.97 Å². The predicted molar refractivity (Wildman–Crippen MR) is 116 cm³/mol. The van der Waals surface area contributed by atoms with Crippen molar-refractivity contribution in [3.05, 3.63) is 58.8 Å². The molecule has 0 aliphatic carbocycles. The van der Waals surface area contributed by atoms with Gasteiger partial charge in [-0.05, 0) is 37.1 Å². The second kappa shape index (κ2) is 9.17. The molecule has 148 valence electrons. The summed E-state index contributed by atoms with van der Waals surface area (Å²) in [5.74, 6) is 0.962. The number of nitrogens with zero attached hydrogens (tertiary/aromatic N) is 4. The van der Waals surface area contributed by atoms with Crippen molar-refractivity contribution in [1.82, 2.24) is 19.7 Å². The fourth-order valence-corrected chi connectivity index (χ4v) is 3.57. The van der Waals surface area contributed by atoms with Crippen molar-refractivity contribution in [3.8, 4) is 11.1 Å². The summed E-state index contributed by atoms with van der Waals surface area (Å²) in [6, 6.07) is 9.68. The number of aromatic nitrogens is 3. The summed E-state index contributed by atoms with van der Waals surface area (Å²) in [4.78, 5) is 24.9. The zero-order valence-electron chi connectivity index (χ0n) is 16.1. The summed E-state index contributed by atoms with van der Waals surface area (Å²) in [7, 11) is 0. The van der Waals surface area contributed by atoms with Crippen LogP contribution in [0.2, 0.25) is 0 Å². The van der Waals surface area contributed by atoms with Crippen LogP contribution in [0.1, 0.15) is 25.5 Å². The monoisotopic (exact) mass is 399 g/mol. The Kier molecular flexibility index (Phi) is 6.65. The number of unbranched alkanes of at least 4 members (excludes halogenated alkanes) is 1. The van der Waals surface area contributed by atoms with Crippen LogP contribution < -0.4 is 15.8 Å². The summed E-state index contributed by atoms with van der Waals surface area (Å²) in [5.41, 5.74) is 3.05. The third-order valence-electron chi connectivity index (χ3n) is 5.05. The normalized spacial score (nSPS) is 14.1. The molecule has 4 rings (SSSR count). The van der Waals surface area contributed by atoms with E-state index in [4.69, 9.17) is 4.98 Å². The zero-order valence-corrected chi connectivity index (χ0v) is 16.9. The molecule has 1 aliphatic heterocycles. The van der Waals surface area contributed by atoms with E-state index in [0.717, 1.165) is 62.5 Å². The summed E-state index contributed by atoms with van der Waals surface area (Å²) >= 11 is 0. The number of nitrogens with one attached hydrogen (secondary N) is 1. The predicted octanol–water partition coefficient (Wildman–Crippen LogP) is 2.93. The largest absolute Gasteiger partial charge is 0.354 e. The van der Waals surface area contributed by atoms with Crippen molar-refractivity contribution in [3.63, 3.8) is 0 Å². The van der Waals surface area contributed by atoms with Gasteiger partial charge in [0.05, 0.1) is 11.3 Å². The first-order valence-corrected chi connectivity index (χ1v) is 9.70. The molecule has 1 fully saturated rings. The lowest BCUT2D eigenvalue weighted by Gasteiger charge is -2.28. The average molecular weight is 400 g/mol. The first-order valence-electron chi connectivity index (χ1n) is 9.70. The lowest BCUT2D eigenvalue weighted by molar-refractivity contribution is 0.585. The molecule has 7 heteroatoms. The Bertz CT molecular complexity index is 980. The number of pyridine rings is 2. The molecule has 28 heavy (non-hydrogen) atoms. The van der Waals surface area contributed by atoms with Gasteiger partial charge in [-0.15, -0.1) is 12.4 Å². The van der Waals surface area contributed by atoms with Crippen LogP contribution in [0.3, 0.4) is 0 Å². The topological polar surface area (TPSA) is 62.5 Å². The van der Waals surface area contributed by atoms with Crippen LogP contribution in [0.4, 0.5) is 5.82 Å². The number of hydrogen-bond donors (Lipinski definition) is 1. The standard InChI is InChI=1S/C21H25N5O.ClH/c1-2-3-6-17-20(21(27)26-12-5-4-7-19(26)24-17)16-8-9-18(23-15-16)25-13-10-22-11-14-25;/h4-5,7-9,12,15,22H,2-3,6,10-11,13-14H2,1H3;1H. The van der Waals surface area contributed by atoms with Gasteiger partial charge in [-0.2, -0.15) is 0 Å². The lowest BCUT2D eigenvalue weighted by atomic mass is 10.0. The highest BCUT2D eigenvalue weighted by Gasteiger charge is 2.16. The minimum absolute atomic E-state index is 0. The molecular formula is C21H26ClN5O. The van der Waals surface area contributed by atoms with E-state index in [1.807, 2.05) is 36.5 Å². The van der Waals surface area contributed by atoms with Gasteiger partial charge in [0.1, 0.15) is 11.5 Å². The highest BCUT2D eigenvalue weighted by atomic mass is 35.5. The van der Waals surface area contributed by atoms with Gasteiger partial charge in [0, 0.05) is 44.1 Å². The maximum Gasteiger partial charge on any atom is 0.266 e. The van der Waals surface area contributed by atoms with E-state index in [1.54, 1.807) is 10.6 Å². The molecule has 0 amide bonds. The van der Waals surface area contributed by atoms with Crippen molar-refractivity contribution in [1.29, 1.82) is 0 Å². The van der Waals surface area contributed by atoms with Crippen molar-refractivity contribution in [2.45, 2.75) is 26.2 Å². The minimum atomic E-state index is -0.0246. The van der Waals surface area contributed by atoms with Gasteiger partial charge in [-0.1, -0.05) is 19.4 Å². The average Bonchev–Trinajstić information content (AvgIpc) is 2.73. The maximum atomic E-state index is 13.2. The fourth-order valence-electron chi connectivity index (χ4n) is 3.57. The van der Waals surface area contributed by atoms with Crippen LogP contribution in [0, 0.1) is 0 Å². The molecule has 3 aromatic rings. The maximum absolute atomic E-state index is 13.2. The second-order valence-electron chi connectivity index (χ2n) is 6.91. The lowest BCUT2D eigenvalue weighted by Crippen LogP contribution is -2.43. The Labute approximate surface area is 171 Å². The molecule has 3 aromatic heterocycles. The van der Waals surface area contributed by atoms with Crippen LogP contribution >= 0.6 is 12.4 Å². The molecule has 0 bridgehead atoms. The molecule has 0 spiro atoms. The summed E-state index contributed by atoms with van der Waals surface area (Å²) in [6.45, 7) is 6.00. The van der Waals surface area contributed by atoms with Crippen molar-refractivity contribution >= 4 is 23.9 Å². The number of rotatable bonds is 5. The summed E-state index contributed by atoms with van der Waals surface area (Å²) in [6.07, 6.45) is 6.47. The van der Waals surface area contributed by atoms with Crippen molar-refractivity contribution < 1.29 is 0 Å². The van der Waals surface area contributed by atoms with E-state index in [9.17, 15) is 4.79 Å². The molecule has 0 radical (unpaired) electrons. The zero-order chi connectivity index (χ0) is 18.6. The SMILES string of the molecule is CCCCc1nc2ccccn2c(=O)c1-c1ccc(N2CCNCC2)nc1.Cl. The number of hydrogen-bond acceptors (Lipinski definition) is 5. The first-order chi connectivity index (χ1) is 13.3. The number of halogens is 1. The van der Waals surface area contributed by atoms with Gasteiger partial charge in [-0.3, -0.25) is 9.20 Å². The first kappa shape index (κ1) is 20.3. The van der Waals surface area contributed by atoms with Crippen LogP contribution in [0.5, 0.6) is 0 Å². The van der Waals surface area contributed by atoms with E-state index >= 15 is 0 Å². The third-order valence-corrected chi connectivity index (χ3v) is 5.05. The molecule has 1 N–H and O–H groups in total. The molecule has 4 heterocycles. The van der Waals surface area contributed by atoms with Crippen molar-refractivity contribution in [2.75, 3.05) is 31.1 Å². The van der Waals surface area contributed by atoms with Crippen LogP contribution in [-0.2, 0) is 6.42 Å². The van der Waals surface area contributed by atoms with Gasteiger partial charge in [0.25, 0.3) is 5.56 Å². The van der Waals surface area contributed by atoms with E-state index in [-0.39, 0.29) is 18.0 Å². The van der Waals surface area contributed by atoms with Crippen LogP contribution in [0.25, 0.3) is 16.8 Å². The van der Waals surface area contributed by atoms with E-state index < -0.39 is 0 Å².